The Morgan fingerprint density at radius 3 is 2.49 bits per heavy atom. The molecule has 0 aliphatic heterocycles. The van der Waals surface area contributed by atoms with Crippen LogP contribution < -0.4 is 10.1 Å². The zero-order valence-corrected chi connectivity index (χ0v) is 21.3. The molecule has 9 nitrogen and oxygen atoms in total. The van der Waals surface area contributed by atoms with E-state index in [9.17, 15) is 22.9 Å². The number of carbonyl (C=O) groups is 1. The van der Waals surface area contributed by atoms with Crippen molar-refractivity contribution in [1.29, 1.82) is 0 Å². The summed E-state index contributed by atoms with van der Waals surface area (Å²) in [5, 5.41) is 23.2. The number of phenolic OH excluding ortho intramolecular Hbond substituents is 1. The first-order valence-electron chi connectivity index (χ1n) is 11.1. The summed E-state index contributed by atoms with van der Waals surface area (Å²) in [5.74, 6) is -0.508. The number of benzene rings is 4. The van der Waals surface area contributed by atoms with Gasteiger partial charge in [0.1, 0.15) is 17.1 Å². The molecule has 0 radical (unpaired) electrons. The Morgan fingerprint density at radius 1 is 1.05 bits per heavy atom. The molecule has 4 aromatic rings. The minimum Gasteiger partial charge on any atom is -0.505 e. The molecule has 190 valence electrons. The first-order chi connectivity index (χ1) is 17.6. The molecule has 0 heterocycles. The number of ether oxygens (including phenoxy) is 1. The second-order valence-corrected chi connectivity index (χ2v) is 9.77. The normalized spacial score (nSPS) is 11.7. The quantitative estimate of drug-likeness (QED) is 0.174. The van der Waals surface area contributed by atoms with Crippen molar-refractivity contribution in [1.82, 2.24) is 0 Å². The predicted octanol–water partition coefficient (Wildman–Crippen LogP) is 6.82. The third-order valence-corrected chi connectivity index (χ3v) is 6.75. The number of nitrogens with zero attached hydrogens (tertiary/aromatic N) is 2. The van der Waals surface area contributed by atoms with E-state index >= 15 is 0 Å². The van der Waals surface area contributed by atoms with Crippen molar-refractivity contribution in [3.05, 3.63) is 82.9 Å². The van der Waals surface area contributed by atoms with Crippen LogP contribution in [0.1, 0.15) is 22.8 Å². The molecule has 0 aliphatic carbocycles. The predicted molar refractivity (Wildman–Crippen MR) is 141 cm³/mol. The molecule has 4 aromatic carbocycles. The summed E-state index contributed by atoms with van der Waals surface area (Å²) in [5.41, 5.74) is 0.731. The van der Waals surface area contributed by atoms with Crippen LogP contribution in [0.2, 0.25) is 5.02 Å². The molecule has 0 unspecified atom stereocenters. The highest BCUT2D eigenvalue weighted by molar-refractivity contribution is 7.85. The molecule has 4 rings (SSSR count). The van der Waals surface area contributed by atoms with Gasteiger partial charge >= 0.3 is 0 Å². The van der Waals surface area contributed by atoms with Crippen LogP contribution in [-0.4, -0.2) is 30.6 Å². The van der Waals surface area contributed by atoms with E-state index in [1.165, 1.54) is 13.0 Å². The third kappa shape index (κ3) is 5.56. The van der Waals surface area contributed by atoms with E-state index in [4.69, 9.17) is 16.3 Å². The average molecular weight is 540 g/mol. The Balaban J connectivity index is 1.78. The Kier molecular flexibility index (Phi) is 7.44. The van der Waals surface area contributed by atoms with Crippen LogP contribution in [0.15, 0.2) is 81.9 Å². The number of azo groups is 1. The Hall–Kier alpha value is -3.99. The summed E-state index contributed by atoms with van der Waals surface area (Å²) in [7, 11) is -4.47. The zero-order chi connectivity index (χ0) is 26.7. The molecule has 0 aliphatic rings. The van der Waals surface area contributed by atoms with Crippen molar-refractivity contribution in [2.75, 3.05) is 11.9 Å². The van der Waals surface area contributed by atoms with Crippen molar-refractivity contribution in [2.45, 2.75) is 18.7 Å². The van der Waals surface area contributed by atoms with Gasteiger partial charge in [-0.25, -0.2) is 0 Å². The second-order valence-electron chi connectivity index (χ2n) is 7.97. The van der Waals surface area contributed by atoms with Crippen LogP contribution in [0, 0.1) is 6.92 Å². The maximum Gasteiger partial charge on any atom is 0.294 e. The number of phenols is 1. The molecular weight excluding hydrogens is 518 g/mol. The number of hydrogen-bond acceptors (Lipinski definition) is 7. The molecule has 0 saturated heterocycles. The maximum absolute atomic E-state index is 13.2. The van der Waals surface area contributed by atoms with Gasteiger partial charge < -0.3 is 15.2 Å². The van der Waals surface area contributed by atoms with Crippen LogP contribution in [0.25, 0.3) is 10.8 Å². The van der Waals surface area contributed by atoms with Gasteiger partial charge in [-0.1, -0.05) is 48.0 Å². The van der Waals surface area contributed by atoms with Gasteiger partial charge in [0, 0.05) is 5.39 Å². The molecule has 0 spiro atoms. The number of fused-ring (bicyclic) bond motifs is 1. The van der Waals surface area contributed by atoms with Gasteiger partial charge in [-0.2, -0.15) is 8.42 Å². The molecule has 1 amide bonds. The fourth-order valence-corrected chi connectivity index (χ4v) is 4.74. The number of rotatable bonds is 7. The fourth-order valence-electron chi connectivity index (χ4n) is 3.74. The summed E-state index contributed by atoms with van der Waals surface area (Å²) in [6.07, 6.45) is 0. The van der Waals surface area contributed by atoms with Crippen LogP contribution >= 0.6 is 11.6 Å². The average Bonchev–Trinajstić information content (AvgIpc) is 2.85. The molecule has 37 heavy (non-hydrogen) atoms. The van der Waals surface area contributed by atoms with Crippen LogP contribution in [-0.2, 0) is 10.1 Å². The second kappa shape index (κ2) is 10.6. The standard InChI is InChI=1S/C26H22ClN3O6S/c1-3-36-22-11-7-6-10-20(22)28-26(32)18-13-16-8-4-5-9-17(16)24(25(18)31)30-29-21-12-15(2)23(14-19(21)27)37(33,34)35/h4-14,31H,3H2,1-2H3,(H,28,32)(H,33,34,35). The van der Waals surface area contributed by atoms with E-state index in [-0.39, 0.29) is 32.4 Å². The van der Waals surface area contributed by atoms with Gasteiger partial charge in [0.25, 0.3) is 16.0 Å². The Morgan fingerprint density at radius 2 is 1.76 bits per heavy atom. The molecule has 0 atom stereocenters. The lowest BCUT2D eigenvalue weighted by atomic mass is 10.0. The van der Waals surface area contributed by atoms with Crippen molar-refractivity contribution >= 4 is 55.5 Å². The highest BCUT2D eigenvalue weighted by Gasteiger charge is 2.20. The molecule has 0 aromatic heterocycles. The summed E-state index contributed by atoms with van der Waals surface area (Å²) >= 11 is 6.18. The number of amides is 1. The Labute approximate surface area is 218 Å². The molecule has 0 bridgehead atoms. The van der Waals surface area contributed by atoms with Crippen LogP contribution in [0.5, 0.6) is 11.5 Å². The Bertz CT molecular complexity index is 1650. The van der Waals surface area contributed by atoms with Crippen molar-refractivity contribution in [3.8, 4) is 11.5 Å². The van der Waals surface area contributed by atoms with Crippen molar-refractivity contribution in [3.63, 3.8) is 0 Å². The number of carbonyl (C=O) groups excluding carboxylic acids is 1. The van der Waals surface area contributed by atoms with Crippen LogP contribution in [0.3, 0.4) is 0 Å². The minimum atomic E-state index is -4.47. The summed E-state index contributed by atoms with van der Waals surface area (Å²) < 4.78 is 38.0. The van der Waals surface area contributed by atoms with Crippen molar-refractivity contribution < 1.29 is 27.6 Å². The first-order valence-corrected chi connectivity index (χ1v) is 12.9. The van der Waals surface area contributed by atoms with Gasteiger partial charge in [-0.05, 0) is 55.1 Å². The zero-order valence-electron chi connectivity index (χ0n) is 19.8. The van der Waals surface area contributed by atoms with Gasteiger partial charge in [0.15, 0.2) is 5.75 Å². The van der Waals surface area contributed by atoms with Crippen molar-refractivity contribution in [2.24, 2.45) is 10.2 Å². The van der Waals surface area contributed by atoms with Gasteiger partial charge in [0.05, 0.1) is 27.8 Å². The molecule has 0 fully saturated rings. The van der Waals surface area contributed by atoms with E-state index in [2.05, 4.69) is 15.5 Å². The number of aryl methyl sites for hydroxylation is 1. The SMILES string of the molecule is CCOc1ccccc1NC(=O)c1cc2ccccc2c(N=Nc2cc(C)c(S(=O)(=O)O)cc2Cl)c1O. The van der Waals surface area contributed by atoms with E-state index in [1.54, 1.807) is 54.6 Å². The highest BCUT2D eigenvalue weighted by atomic mass is 35.5. The number of anilines is 1. The van der Waals surface area contributed by atoms with Gasteiger partial charge in [-0.3, -0.25) is 9.35 Å². The van der Waals surface area contributed by atoms with Gasteiger partial charge in [-0.15, -0.1) is 10.2 Å². The number of para-hydroxylation sites is 2. The van der Waals surface area contributed by atoms with Gasteiger partial charge in [0.2, 0.25) is 0 Å². The highest BCUT2D eigenvalue weighted by Crippen LogP contribution is 2.41. The lowest BCUT2D eigenvalue weighted by Gasteiger charge is -2.13. The number of halogens is 1. The number of aromatic hydroxyl groups is 1. The summed E-state index contributed by atoms with van der Waals surface area (Å²) in [6.45, 7) is 3.71. The summed E-state index contributed by atoms with van der Waals surface area (Å²) in [4.78, 5) is 12.8. The molecule has 11 heteroatoms. The number of hydrogen-bond donors (Lipinski definition) is 3. The van der Waals surface area contributed by atoms with E-state index in [1.807, 2.05) is 6.92 Å². The van der Waals surface area contributed by atoms with Crippen LogP contribution in [0.4, 0.5) is 17.1 Å². The third-order valence-electron chi connectivity index (χ3n) is 5.45. The lowest BCUT2D eigenvalue weighted by Crippen LogP contribution is -2.13. The van der Waals surface area contributed by atoms with E-state index < -0.39 is 21.8 Å². The molecular formula is C26H22ClN3O6S. The molecule has 0 saturated carbocycles. The summed E-state index contributed by atoms with van der Waals surface area (Å²) in [6, 6.07) is 17.9. The monoisotopic (exact) mass is 539 g/mol. The minimum absolute atomic E-state index is 0.0221. The maximum atomic E-state index is 13.2. The number of nitrogens with one attached hydrogen (secondary N) is 1. The van der Waals surface area contributed by atoms with E-state index in [0.717, 1.165) is 6.07 Å². The smallest absolute Gasteiger partial charge is 0.294 e. The lowest BCUT2D eigenvalue weighted by molar-refractivity contribution is 0.102. The molecule has 3 N–H and O–H groups in total. The topological polar surface area (TPSA) is 138 Å². The first kappa shape index (κ1) is 26.1. The fraction of sp³-hybridized carbons (Fsp3) is 0.115. The van der Waals surface area contributed by atoms with E-state index in [0.29, 0.717) is 28.8 Å². The largest absolute Gasteiger partial charge is 0.505 e.